The number of halogens is 2. The normalized spacial score (nSPS) is 12.0. The lowest BCUT2D eigenvalue weighted by Gasteiger charge is -2.34. The van der Waals surface area contributed by atoms with Gasteiger partial charge < -0.3 is 10.2 Å². The zero-order valence-electron chi connectivity index (χ0n) is 25.5. The van der Waals surface area contributed by atoms with Gasteiger partial charge in [0.25, 0.3) is 10.0 Å². The number of hydrogen-bond donors (Lipinski definition) is 1. The van der Waals surface area contributed by atoms with Crippen LogP contribution in [0, 0.1) is 12.8 Å². The number of sulfonamides is 1. The summed E-state index contributed by atoms with van der Waals surface area (Å²) in [6, 6.07) is 28.3. The highest BCUT2D eigenvalue weighted by atomic mass is 35.5. The SMILES string of the molecule is Cc1ccc(Cl)cc1N(CC(=O)N(Cc1ccccc1Cl)[C@H](Cc1ccccc1)C(=O)NCC(C)C)S(=O)(=O)c1ccccc1. The van der Waals surface area contributed by atoms with E-state index in [9.17, 15) is 18.0 Å². The van der Waals surface area contributed by atoms with Gasteiger partial charge in [-0.25, -0.2) is 8.42 Å². The van der Waals surface area contributed by atoms with E-state index >= 15 is 0 Å². The molecule has 10 heteroatoms. The predicted octanol–water partition coefficient (Wildman–Crippen LogP) is 6.91. The van der Waals surface area contributed by atoms with Crippen molar-refractivity contribution >= 4 is 50.7 Å². The molecule has 4 rings (SSSR count). The van der Waals surface area contributed by atoms with Gasteiger partial charge in [0.05, 0.1) is 10.6 Å². The van der Waals surface area contributed by atoms with Crippen molar-refractivity contribution in [1.82, 2.24) is 10.2 Å². The zero-order chi connectivity index (χ0) is 32.6. The minimum absolute atomic E-state index is 0.0150. The van der Waals surface area contributed by atoms with Crippen LogP contribution in [0.25, 0.3) is 0 Å². The highest BCUT2D eigenvalue weighted by molar-refractivity contribution is 7.92. The van der Waals surface area contributed by atoms with Crippen LogP contribution in [0.5, 0.6) is 0 Å². The maximum Gasteiger partial charge on any atom is 0.264 e. The number of aryl methyl sites for hydroxylation is 1. The van der Waals surface area contributed by atoms with Crippen molar-refractivity contribution in [2.24, 2.45) is 5.92 Å². The van der Waals surface area contributed by atoms with Gasteiger partial charge >= 0.3 is 0 Å². The molecular weight excluding hydrogens is 629 g/mol. The number of amides is 2. The third kappa shape index (κ3) is 8.87. The smallest absolute Gasteiger partial charge is 0.264 e. The lowest BCUT2D eigenvalue weighted by atomic mass is 10.0. The Kier molecular flexibility index (Phi) is 11.7. The number of carbonyl (C=O) groups is 2. The Balaban J connectivity index is 1.83. The van der Waals surface area contributed by atoms with E-state index < -0.39 is 28.5 Å². The van der Waals surface area contributed by atoms with E-state index in [1.165, 1.54) is 23.1 Å². The van der Waals surface area contributed by atoms with Crippen LogP contribution in [0.1, 0.15) is 30.5 Å². The standard InChI is InChI=1S/C35H37Cl2N3O4S/c1-25(2)22-38-35(42)33(20-27-12-6-4-7-13-27)39(23-28-14-10-11-17-31(28)37)34(41)24-40(32-21-29(36)19-18-26(32)3)45(43,44)30-15-8-5-9-16-30/h4-19,21,25,33H,20,22-24H2,1-3H3,(H,38,42)/t33-/m1/s1. The second-order valence-electron chi connectivity index (χ2n) is 11.2. The van der Waals surface area contributed by atoms with Gasteiger partial charge in [0.15, 0.2) is 0 Å². The molecule has 0 heterocycles. The van der Waals surface area contributed by atoms with E-state index in [0.29, 0.717) is 27.7 Å². The molecule has 0 aromatic heterocycles. The second-order valence-corrected chi connectivity index (χ2v) is 13.9. The number of rotatable bonds is 13. The highest BCUT2D eigenvalue weighted by Crippen LogP contribution is 2.30. The summed E-state index contributed by atoms with van der Waals surface area (Å²) in [5, 5.41) is 3.73. The van der Waals surface area contributed by atoms with E-state index in [4.69, 9.17) is 23.2 Å². The van der Waals surface area contributed by atoms with Crippen molar-refractivity contribution in [3.63, 3.8) is 0 Å². The molecular formula is C35H37Cl2N3O4S. The monoisotopic (exact) mass is 665 g/mol. The molecule has 236 valence electrons. The molecule has 2 amide bonds. The lowest BCUT2D eigenvalue weighted by Crippen LogP contribution is -2.53. The third-order valence-corrected chi connectivity index (χ3v) is 9.68. The highest BCUT2D eigenvalue weighted by Gasteiger charge is 2.35. The van der Waals surface area contributed by atoms with Crippen LogP contribution in [0.3, 0.4) is 0 Å². The van der Waals surface area contributed by atoms with Crippen molar-refractivity contribution in [2.75, 3.05) is 17.4 Å². The first-order chi connectivity index (χ1) is 21.5. The Hall–Kier alpha value is -3.85. The van der Waals surface area contributed by atoms with Gasteiger partial charge in [-0.1, -0.05) is 110 Å². The molecule has 0 fully saturated rings. The Bertz CT molecular complexity index is 1720. The van der Waals surface area contributed by atoms with E-state index in [-0.39, 0.29) is 35.4 Å². The topological polar surface area (TPSA) is 86.8 Å². The quantitative estimate of drug-likeness (QED) is 0.168. The molecule has 0 spiro atoms. The Morgan fingerprint density at radius 2 is 1.47 bits per heavy atom. The fourth-order valence-electron chi connectivity index (χ4n) is 4.87. The molecule has 4 aromatic rings. The van der Waals surface area contributed by atoms with E-state index in [2.05, 4.69) is 5.32 Å². The van der Waals surface area contributed by atoms with Crippen LogP contribution >= 0.6 is 23.2 Å². The first-order valence-electron chi connectivity index (χ1n) is 14.7. The van der Waals surface area contributed by atoms with Gasteiger partial charge in [0.1, 0.15) is 12.6 Å². The third-order valence-electron chi connectivity index (χ3n) is 7.30. The first-order valence-corrected chi connectivity index (χ1v) is 16.9. The number of benzene rings is 4. The number of hydrogen-bond acceptors (Lipinski definition) is 4. The van der Waals surface area contributed by atoms with Gasteiger partial charge in [-0.3, -0.25) is 13.9 Å². The summed E-state index contributed by atoms with van der Waals surface area (Å²) in [5.41, 5.74) is 2.35. The maximum atomic E-state index is 14.6. The number of nitrogens with one attached hydrogen (secondary N) is 1. The predicted molar refractivity (Wildman–Crippen MR) is 181 cm³/mol. The van der Waals surface area contributed by atoms with Gasteiger partial charge in [-0.05, 0) is 59.9 Å². The van der Waals surface area contributed by atoms with Crippen LogP contribution < -0.4 is 9.62 Å². The number of carbonyl (C=O) groups excluding carboxylic acids is 2. The van der Waals surface area contributed by atoms with Crippen molar-refractivity contribution in [3.05, 3.63) is 130 Å². The molecule has 0 unspecified atom stereocenters. The Labute approximate surface area is 275 Å². The largest absolute Gasteiger partial charge is 0.354 e. The van der Waals surface area contributed by atoms with Gasteiger partial charge in [-0.15, -0.1) is 0 Å². The van der Waals surface area contributed by atoms with Crippen molar-refractivity contribution in [3.8, 4) is 0 Å². The van der Waals surface area contributed by atoms with Crippen LogP contribution in [0.15, 0.2) is 108 Å². The average molecular weight is 667 g/mol. The average Bonchev–Trinajstić information content (AvgIpc) is 3.03. The van der Waals surface area contributed by atoms with E-state index in [1.54, 1.807) is 61.5 Å². The molecule has 0 aliphatic rings. The summed E-state index contributed by atoms with van der Waals surface area (Å²) in [7, 11) is -4.23. The zero-order valence-corrected chi connectivity index (χ0v) is 27.8. The Morgan fingerprint density at radius 3 is 2.11 bits per heavy atom. The van der Waals surface area contributed by atoms with Crippen LogP contribution in [0.4, 0.5) is 5.69 Å². The summed E-state index contributed by atoms with van der Waals surface area (Å²) in [5.74, 6) is -0.741. The van der Waals surface area contributed by atoms with E-state index in [0.717, 1.165) is 9.87 Å². The lowest BCUT2D eigenvalue weighted by molar-refractivity contribution is -0.140. The van der Waals surface area contributed by atoms with Gasteiger partial charge in [0.2, 0.25) is 11.8 Å². The van der Waals surface area contributed by atoms with Crippen molar-refractivity contribution < 1.29 is 18.0 Å². The summed E-state index contributed by atoms with van der Waals surface area (Å²) >= 11 is 12.9. The summed E-state index contributed by atoms with van der Waals surface area (Å²) in [6.45, 7) is 5.54. The van der Waals surface area contributed by atoms with Crippen LogP contribution in [-0.4, -0.2) is 44.3 Å². The van der Waals surface area contributed by atoms with Crippen molar-refractivity contribution in [1.29, 1.82) is 0 Å². The number of anilines is 1. The molecule has 0 radical (unpaired) electrons. The van der Waals surface area contributed by atoms with Crippen LogP contribution in [0.2, 0.25) is 10.0 Å². The molecule has 4 aromatic carbocycles. The molecule has 1 N–H and O–H groups in total. The minimum Gasteiger partial charge on any atom is -0.354 e. The van der Waals surface area contributed by atoms with Gasteiger partial charge in [-0.2, -0.15) is 0 Å². The molecule has 45 heavy (non-hydrogen) atoms. The fourth-order valence-corrected chi connectivity index (χ4v) is 6.72. The molecule has 0 bridgehead atoms. The van der Waals surface area contributed by atoms with Crippen molar-refractivity contribution in [2.45, 2.75) is 44.7 Å². The summed E-state index contributed by atoms with van der Waals surface area (Å²) in [4.78, 5) is 29.9. The van der Waals surface area contributed by atoms with Gasteiger partial charge in [0, 0.05) is 29.6 Å². The maximum absolute atomic E-state index is 14.6. The van der Waals surface area contributed by atoms with Crippen LogP contribution in [-0.2, 0) is 32.6 Å². The molecule has 0 saturated heterocycles. The molecule has 1 atom stereocenters. The summed E-state index contributed by atoms with van der Waals surface area (Å²) < 4.78 is 29.4. The molecule has 7 nitrogen and oxygen atoms in total. The molecule has 0 aliphatic heterocycles. The second kappa shape index (κ2) is 15.4. The summed E-state index contributed by atoms with van der Waals surface area (Å²) in [6.07, 6.45) is 0.211. The minimum atomic E-state index is -4.23. The first kappa shape index (κ1) is 34.0. The molecule has 0 saturated carbocycles. The molecule has 0 aliphatic carbocycles. The fraction of sp³-hybridized carbons (Fsp3) is 0.257. The Morgan fingerprint density at radius 1 is 0.844 bits per heavy atom. The van der Waals surface area contributed by atoms with E-state index in [1.807, 2.05) is 44.2 Å². The number of nitrogens with zero attached hydrogens (tertiary/aromatic N) is 2.